The molecule has 1 aromatic rings. The molecule has 0 bridgehead atoms. The Balaban J connectivity index is 2.93. The highest BCUT2D eigenvalue weighted by molar-refractivity contribution is 5.06. The molecule has 0 fully saturated rings. The molecule has 0 spiro atoms. The quantitative estimate of drug-likeness (QED) is 0.649. The smallest absolute Gasteiger partial charge is 0.350 e. The molecule has 1 heterocycles. The maximum absolute atomic E-state index is 11.1. The maximum Gasteiger partial charge on any atom is 0.350 e. The van der Waals surface area contributed by atoms with Gasteiger partial charge in [-0.1, -0.05) is 0 Å². The molecular formula is C9H14N2O2. The standard InChI is InChI=1S/C9H14N2O2/c1-9(2,3)13-7-5-6-11(4)8(12)10-7/h5-6H,1-4H3. The maximum atomic E-state index is 11.1. The lowest BCUT2D eigenvalue weighted by Gasteiger charge is -2.19. The summed E-state index contributed by atoms with van der Waals surface area (Å²) in [4.78, 5) is 14.8. The lowest BCUT2D eigenvalue weighted by Crippen LogP contribution is -2.26. The van der Waals surface area contributed by atoms with Crippen LogP contribution < -0.4 is 10.4 Å². The predicted molar refractivity (Wildman–Crippen MR) is 49.9 cm³/mol. The molecule has 0 aliphatic rings. The SMILES string of the molecule is Cn1ccc(OC(C)(C)C)nc1=O. The van der Waals surface area contributed by atoms with E-state index in [0.29, 0.717) is 5.88 Å². The van der Waals surface area contributed by atoms with Gasteiger partial charge in [0.05, 0.1) is 0 Å². The van der Waals surface area contributed by atoms with Crippen molar-refractivity contribution in [3.63, 3.8) is 0 Å². The number of hydrogen-bond donors (Lipinski definition) is 0. The number of nitrogens with zero attached hydrogens (tertiary/aromatic N) is 2. The average Bonchev–Trinajstić information content (AvgIpc) is 1.94. The van der Waals surface area contributed by atoms with E-state index >= 15 is 0 Å². The summed E-state index contributed by atoms with van der Waals surface area (Å²) in [6.45, 7) is 5.73. The lowest BCUT2D eigenvalue weighted by atomic mass is 10.2. The van der Waals surface area contributed by atoms with Crippen LogP contribution in [0.1, 0.15) is 20.8 Å². The van der Waals surface area contributed by atoms with Crippen molar-refractivity contribution in [3.05, 3.63) is 22.7 Å². The highest BCUT2D eigenvalue weighted by atomic mass is 16.5. The number of hydrogen-bond acceptors (Lipinski definition) is 3. The molecule has 0 amide bonds. The van der Waals surface area contributed by atoms with Gasteiger partial charge >= 0.3 is 5.69 Å². The summed E-state index contributed by atoms with van der Waals surface area (Å²) in [6.07, 6.45) is 1.64. The molecule has 1 rings (SSSR count). The van der Waals surface area contributed by atoms with Gasteiger partial charge in [0.1, 0.15) is 5.60 Å². The molecular weight excluding hydrogens is 168 g/mol. The van der Waals surface area contributed by atoms with Crippen molar-refractivity contribution in [1.29, 1.82) is 0 Å². The zero-order valence-electron chi connectivity index (χ0n) is 8.37. The first-order valence-corrected chi connectivity index (χ1v) is 4.11. The van der Waals surface area contributed by atoms with Crippen LogP contribution in [0, 0.1) is 0 Å². The third kappa shape index (κ3) is 2.89. The van der Waals surface area contributed by atoms with Crippen LogP contribution in [0.2, 0.25) is 0 Å². The van der Waals surface area contributed by atoms with Crippen molar-refractivity contribution in [3.8, 4) is 5.88 Å². The Bertz CT molecular complexity index is 349. The topological polar surface area (TPSA) is 44.1 Å². The minimum atomic E-state index is -0.320. The lowest BCUT2D eigenvalue weighted by molar-refractivity contribution is 0.123. The third-order valence-electron chi connectivity index (χ3n) is 1.36. The Morgan fingerprint density at radius 1 is 1.46 bits per heavy atom. The second-order valence-corrected chi connectivity index (χ2v) is 3.87. The first-order chi connectivity index (χ1) is 5.88. The highest BCUT2D eigenvalue weighted by Gasteiger charge is 2.12. The number of aryl methyl sites for hydroxylation is 1. The molecule has 0 radical (unpaired) electrons. The molecule has 0 unspecified atom stereocenters. The van der Waals surface area contributed by atoms with Crippen molar-refractivity contribution < 1.29 is 4.74 Å². The second kappa shape index (κ2) is 3.20. The van der Waals surface area contributed by atoms with Gasteiger partial charge in [-0.25, -0.2) is 4.79 Å². The third-order valence-corrected chi connectivity index (χ3v) is 1.36. The molecule has 4 heteroatoms. The van der Waals surface area contributed by atoms with Gasteiger partial charge in [0, 0.05) is 19.3 Å². The molecule has 13 heavy (non-hydrogen) atoms. The largest absolute Gasteiger partial charge is 0.472 e. The fourth-order valence-corrected chi connectivity index (χ4v) is 0.820. The van der Waals surface area contributed by atoms with Crippen LogP contribution in [-0.2, 0) is 7.05 Å². The van der Waals surface area contributed by atoms with Gasteiger partial charge in [-0.2, -0.15) is 4.98 Å². The van der Waals surface area contributed by atoms with Crippen LogP contribution >= 0.6 is 0 Å². The van der Waals surface area contributed by atoms with Crippen molar-refractivity contribution >= 4 is 0 Å². The molecule has 1 aromatic heterocycles. The van der Waals surface area contributed by atoms with Gasteiger partial charge < -0.3 is 9.30 Å². The van der Waals surface area contributed by atoms with Gasteiger partial charge in [-0.15, -0.1) is 0 Å². The van der Waals surface area contributed by atoms with E-state index in [1.165, 1.54) is 4.57 Å². The summed E-state index contributed by atoms with van der Waals surface area (Å²) < 4.78 is 6.81. The molecule has 0 aromatic carbocycles. The van der Waals surface area contributed by atoms with Crippen molar-refractivity contribution in [2.45, 2.75) is 26.4 Å². The summed E-state index contributed by atoms with van der Waals surface area (Å²) in [6, 6.07) is 1.67. The summed E-state index contributed by atoms with van der Waals surface area (Å²) in [7, 11) is 1.65. The molecule has 4 nitrogen and oxygen atoms in total. The normalized spacial score (nSPS) is 11.4. The number of ether oxygens (including phenoxy) is 1. The van der Waals surface area contributed by atoms with Crippen LogP contribution in [-0.4, -0.2) is 15.2 Å². The Labute approximate surface area is 77.2 Å². The van der Waals surface area contributed by atoms with E-state index in [4.69, 9.17) is 4.74 Å². The second-order valence-electron chi connectivity index (χ2n) is 3.87. The number of rotatable bonds is 1. The van der Waals surface area contributed by atoms with Gasteiger partial charge in [-0.3, -0.25) is 0 Å². The summed E-state index contributed by atoms with van der Waals surface area (Å²) in [5, 5.41) is 0. The fourth-order valence-electron chi connectivity index (χ4n) is 0.820. The molecule has 0 aliphatic carbocycles. The van der Waals surface area contributed by atoms with Gasteiger partial charge in [-0.05, 0) is 20.8 Å². The Morgan fingerprint density at radius 2 is 2.08 bits per heavy atom. The fraction of sp³-hybridized carbons (Fsp3) is 0.556. The van der Waals surface area contributed by atoms with E-state index in [2.05, 4.69) is 4.98 Å². The van der Waals surface area contributed by atoms with E-state index in [1.807, 2.05) is 20.8 Å². The first-order valence-electron chi connectivity index (χ1n) is 4.11. The van der Waals surface area contributed by atoms with Crippen LogP contribution in [0.25, 0.3) is 0 Å². The van der Waals surface area contributed by atoms with E-state index < -0.39 is 0 Å². The Hall–Kier alpha value is -1.32. The van der Waals surface area contributed by atoms with Gasteiger partial charge in [0.15, 0.2) is 0 Å². The first kappa shape index (κ1) is 9.77. The molecule has 0 saturated carbocycles. The zero-order valence-corrected chi connectivity index (χ0v) is 8.37. The Morgan fingerprint density at radius 3 is 2.54 bits per heavy atom. The van der Waals surface area contributed by atoms with Crippen molar-refractivity contribution in [2.75, 3.05) is 0 Å². The minimum absolute atomic E-state index is 0.304. The molecule has 0 aliphatic heterocycles. The summed E-state index contributed by atoms with van der Waals surface area (Å²) in [5.41, 5.74) is -0.624. The molecule has 0 atom stereocenters. The molecule has 72 valence electrons. The van der Waals surface area contributed by atoms with E-state index in [0.717, 1.165) is 0 Å². The summed E-state index contributed by atoms with van der Waals surface area (Å²) >= 11 is 0. The van der Waals surface area contributed by atoms with Crippen LogP contribution in [0.15, 0.2) is 17.1 Å². The van der Waals surface area contributed by atoms with Crippen LogP contribution in [0.4, 0.5) is 0 Å². The molecule has 0 N–H and O–H groups in total. The summed E-state index contributed by atoms with van der Waals surface area (Å²) in [5.74, 6) is 0.371. The minimum Gasteiger partial charge on any atom is -0.472 e. The van der Waals surface area contributed by atoms with Crippen LogP contribution in [0.5, 0.6) is 5.88 Å². The highest BCUT2D eigenvalue weighted by Crippen LogP contribution is 2.12. The van der Waals surface area contributed by atoms with Gasteiger partial charge in [0.2, 0.25) is 5.88 Å². The zero-order chi connectivity index (χ0) is 10.1. The van der Waals surface area contributed by atoms with Gasteiger partial charge in [0.25, 0.3) is 0 Å². The van der Waals surface area contributed by atoms with E-state index in [-0.39, 0.29) is 11.3 Å². The van der Waals surface area contributed by atoms with Crippen molar-refractivity contribution in [2.24, 2.45) is 7.05 Å². The monoisotopic (exact) mass is 182 g/mol. The average molecular weight is 182 g/mol. The number of aromatic nitrogens is 2. The Kier molecular flexibility index (Phi) is 2.40. The van der Waals surface area contributed by atoms with Crippen LogP contribution in [0.3, 0.4) is 0 Å². The predicted octanol–water partition coefficient (Wildman–Crippen LogP) is 0.958. The van der Waals surface area contributed by atoms with E-state index in [9.17, 15) is 4.79 Å². The van der Waals surface area contributed by atoms with E-state index in [1.54, 1.807) is 19.3 Å². The molecule has 0 saturated heterocycles. The van der Waals surface area contributed by atoms with Crippen molar-refractivity contribution in [1.82, 2.24) is 9.55 Å².